The number of rotatable bonds is 7. The Bertz CT molecular complexity index is 576. The maximum Gasteiger partial charge on any atom is 0.0917 e. The van der Waals surface area contributed by atoms with Gasteiger partial charge < -0.3 is 10.2 Å². The standard InChI is InChI=1S/C18H22ClNO2/c1-20(13-18(22)15-8-5-9-16(19)12-15)17(10-11-21)14-6-3-2-4-7-14/h2-9,12,17-18,21-22H,10-11,13H2,1H3. The van der Waals surface area contributed by atoms with Crippen molar-refractivity contribution in [3.05, 3.63) is 70.7 Å². The smallest absolute Gasteiger partial charge is 0.0917 e. The molecule has 0 spiro atoms. The van der Waals surface area contributed by atoms with Gasteiger partial charge in [-0.1, -0.05) is 54.1 Å². The molecule has 2 atom stereocenters. The SMILES string of the molecule is CN(CC(O)c1cccc(Cl)c1)C(CCO)c1ccccc1. The van der Waals surface area contributed by atoms with Gasteiger partial charge in [-0.25, -0.2) is 0 Å². The minimum atomic E-state index is -0.617. The highest BCUT2D eigenvalue weighted by Crippen LogP contribution is 2.26. The number of nitrogens with zero attached hydrogens (tertiary/aromatic N) is 1. The first-order chi connectivity index (χ1) is 10.6. The highest BCUT2D eigenvalue weighted by Gasteiger charge is 2.20. The molecular weight excluding hydrogens is 298 g/mol. The first-order valence-electron chi connectivity index (χ1n) is 7.41. The molecule has 0 aliphatic carbocycles. The van der Waals surface area contributed by atoms with Crippen LogP contribution in [0.15, 0.2) is 54.6 Å². The molecule has 0 bridgehead atoms. The second-order valence-electron chi connectivity index (χ2n) is 5.45. The van der Waals surface area contributed by atoms with Crippen molar-refractivity contribution in [1.29, 1.82) is 0 Å². The molecule has 0 aromatic heterocycles. The van der Waals surface area contributed by atoms with Crippen LogP contribution in [0.4, 0.5) is 0 Å². The van der Waals surface area contributed by atoms with Crippen molar-refractivity contribution >= 4 is 11.6 Å². The summed E-state index contributed by atoms with van der Waals surface area (Å²) in [6.07, 6.45) is 0.0107. The number of halogens is 1. The van der Waals surface area contributed by atoms with E-state index in [4.69, 9.17) is 11.6 Å². The fourth-order valence-electron chi connectivity index (χ4n) is 2.66. The van der Waals surface area contributed by atoms with E-state index in [1.54, 1.807) is 12.1 Å². The minimum Gasteiger partial charge on any atom is -0.396 e. The van der Waals surface area contributed by atoms with Crippen LogP contribution in [0.2, 0.25) is 5.02 Å². The zero-order valence-electron chi connectivity index (χ0n) is 12.7. The normalized spacial score (nSPS) is 14.0. The average Bonchev–Trinajstić information content (AvgIpc) is 2.53. The van der Waals surface area contributed by atoms with E-state index in [9.17, 15) is 10.2 Å². The van der Waals surface area contributed by atoms with Crippen molar-refractivity contribution in [1.82, 2.24) is 4.90 Å². The third kappa shape index (κ3) is 4.55. The molecule has 0 saturated carbocycles. The number of likely N-dealkylation sites (N-methyl/N-ethyl adjacent to an activating group) is 1. The molecule has 3 nitrogen and oxygen atoms in total. The van der Waals surface area contributed by atoms with Gasteiger partial charge in [-0.05, 0) is 36.7 Å². The number of hydrogen-bond donors (Lipinski definition) is 2. The van der Waals surface area contributed by atoms with Gasteiger partial charge in [0.25, 0.3) is 0 Å². The van der Waals surface area contributed by atoms with Gasteiger partial charge in [-0.3, -0.25) is 4.90 Å². The van der Waals surface area contributed by atoms with E-state index >= 15 is 0 Å². The summed E-state index contributed by atoms with van der Waals surface area (Å²) >= 11 is 5.98. The van der Waals surface area contributed by atoms with Crippen molar-refractivity contribution in [2.45, 2.75) is 18.6 Å². The second-order valence-corrected chi connectivity index (χ2v) is 5.89. The van der Waals surface area contributed by atoms with E-state index < -0.39 is 6.10 Å². The van der Waals surface area contributed by atoms with Gasteiger partial charge in [-0.15, -0.1) is 0 Å². The molecule has 0 saturated heterocycles. The third-order valence-electron chi connectivity index (χ3n) is 3.81. The first-order valence-corrected chi connectivity index (χ1v) is 7.79. The number of aliphatic hydroxyl groups is 2. The maximum atomic E-state index is 10.4. The Kier molecular flexibility index (Phi) is 6.40. The first kappa shape index (κ1) is 17.0. The van der Waals surface area contributed by atoms with Crippen LogP contribution in [-0.4, -0.2) is 35.3 Å². The summed E-state index contributed by atoms with van der Waals surface area (Å²) in [4.78, 5) is 2.07. The topological polar surface area (TPSA) is 43.7 Å². The molecule has 0 aliphatic rings. The fraction of sp³-hybridized carbons (Fsp3) is 0.333. The molecule has 4 heteroatoms. The average molecular weight is 320 g/mol. The predicted molar refractivity (Wildman–Crippen MR) is 89.9 cm³/mol. The highest BCUT2D eigenvalue weighted by atomic mass is 35.5. The molecule has 2 unspecified atom stereocenters. The van der Waals surface area contributed by atoms with Gasteiger partial charge >= 0.3 is 0 Å². The van der Waals surface area contributed by atoms with E-state index in [0.29, 0.717) is 18.0 Å². The summed E-state index contributed by atoms with van der Waals surface area (Å²) in [7, 11) is 1.96. The van der Waals surface area contributed by atoms with Crippen molar-refractivity contribution in [3.63, 3.8) is 0 Å². The minimum absolute atomic E-state index is 0.0695. The van der Waals surface area contributed by atoms with E-state index in [0.717, 1.165) is 11.1 Å². The summed E-state index contributed by atoms with van der Waals surface area (Å²) in [5, 5.41) is 20.4. The molecule has 0 heterocycles. The van der Waals surface area contributed by atoms with Crippen LogP contribution < -0.4 is 0 Å². The lowest BCUT2D eigenvalue weighted by molar-refractivity contribution is 0.0938. The Morgan fingerprint density at radius 3 is 2.36 bits per heavy atom. The molecule has 2 aromatic carbocycles. The van der Waals surface area contributed by atoms with Crippen molar-refractivity contribution in [2.75, 3.05) is 20.2 Å². The molecule has 22 heavy (non-hydrogen) atoms. The van der Waals surface area contributed by atoms with Gasteiger partial charge in [-0.2, -0.15) is 0 Å². The quantitative estimate of drug-likeness (QED) is 0.821. The molecule has 0 amide bonds. The van der Waals surface area contributed by atoms with Crippen molar-refractivity contribution in [3.8, 4) is 0 Å². The van der Waals surface area contributed by atoms with Gasteiger partial charge in [0.1, 0.15) is 0 Å². The Balaban J connectivity index is 2.09. The van der Waals surface area contributed by atoms with Crippen LogP contribution in [0.3, 0.4) is 0 Å². The molecule has 0 fully saturated rings. The van der Waals surface area contributed by atoms with Gasteiger partial charge in [0.05, 0.1) is 6.10 Å². The van der Waals surface area contributed by atoms with E-state index in [-0.39, 0.29) is 12.6 Å². The van der Waals surface area contributed by atoms with Crippen LogP contribution >= 0.6 is 11.6 Å². The largest absolute Gasteiger partial charge is 0.396 e. The Labute approximate surface area is 136 Å². The lowest BCUT2D eigenvalue weighted by Gasteiger charge is -2.30. The predicted octanol–water partition coefficient (Wildman–Crippen LogP) is 3.43. The molecule has 0 aliphatic heterocycles. The lowest BCUT2D eigenvalue weighted by atomic mass is 10.0. The van der Waals surface area contributed by atoms with Gasteiger partial charge in [0, 0.05) is 24.2 Å². The third-order valence-corrected chi connectivity index (χ3v) is 4.05. The van der Waals surface area contributed by atoms with Crippen molar-refractivity contribution in [2.24, 2.45) is 0 Å². The maximum absolute atomic E-state index is 10.4. The second kappa shape index (κ2) is 8.30. The summed E-state index contributed by atoms with van der Waals surface area (Å²) in [6.45, 7) is 0.580. The Hall–Kier alpha value is -1.39. The highest BCUT2D eigenvalue weighted by molar-refractivity contribution is 6.30. The van der Waals surface area contributed by atoms with Crippen molar-refractivity contribution < 1.29 is 10.2 Å². The van der Waals surface area contributed by atoms with Crippen LogP contribution in [0, 0.1) is 0 Å². The van der Waals surface area contributed by atoms with E-state index in [1.165, 1.54) is 0 Å². The fourth-order valence-corrected chi connectivity index (χ4v) is 2.86. The Morgan fingerprint density at radius 1 is 1.05 bits per heavy atom. The van der Waals surface area contributed by atoms with E-state index in [1.807, 2.05) is 49.5 Å². The lowest BCUT2D eigenvalue weighted by Crippen LogP contribution is -2.30. The van der Waals surface area contributed by atoms with Gasteiger partial charge in [0.2, 0.25) is 0 Å². The Morgan fingerprint density at radius 2 is 1.73 bits per heavy atom. The summed E-state index contributed by atoms with van der Waals surface area (Å²) < 4.78 is 0. The van der Waals surface area contributed by atoms with Crippen LogP contribution in [-0.2, 0) is 0 Å². The molecule has 2 aromatic rings. The zero-order chi connectivity index (χ0) is 15.9. The van der Waals surface area contributed by atoms with Crippen LogP contribution in [0.5, 0.6) is 0 Å². The van der Waals surface area contributed by atoms with E-state index in [2.05, 4.69) is 4.90 Å². The molecule has 2 rings (SSSR count). The van der Waals surface area contributed by atoms with Crippen LogP contribution in [0.1, 0.15) is 29.7 Å². The summed E-state index contributed by atoms with van der Waals surface area (Å²) in [5.41, 5.74) is 1.94. The molecule has 0 radical (unpaired) electrons. The molecule has 118 valence electrons. The zero-order valence-corrected chi connectivity index (χ0v) is 13.4. The molecule has 2 N–H and O–H groups in total. The van der Waals surface area contributed by atoms with Crippen LogP contribution in [0.25, 0.3) is 0 Å². The monoisotopic (exact) mass is 319 g/mol. The number of hydrogen-bond acceptors (Lipinski definition) is 3. The van der Waals surface area contributed by atoms with Gasteiger partial charge in [0.15, 0.2) is 0 Å². The number of aliphatic hydroxyl groups excluding tert-OH is 2. The summed E-state index contributed by atoms with van der Waals surface area (Å²) in [5.74, 6) is 0. The number of benzene rings is 2. The summed E-state index contributed by atoms with van der Waals surface area (Å²) in [6, 6.07) is 17.4. The molecular formula is C18H22ClNO2.